The Morgan fingerprint density at radius 1 is 1.20 bits per heavy atom. The summed E-state index contributed by atoms with van der Waals surface area (Å²) < 4.78 is 51.5. The lowest BCUT2D eigenvalue weighted by atomic mass is 10.0. The predicted octanol–water partition coefficient (Wildman–Crippen LogP) is 4.23. The lowest BCUT2D eigenvalue weighted by Gasteiger charge is -2.10. The SMILES string of the molecule is O=C(c1ccc(Br)c(C(F)(F)F)c1)c1ccncc1F. The van der Waals surface area contributed by atoms with Crippen LogP contribution in [0.15, 0.2) is 41.1 Å². The number of carbonyl (C=O) groups is 1. The zero-order valence-electron chi connectivity index (χ0n) is 9.71. The van der Waals surface area contributed by atoms with Crippen molar-refractivity contribution in [1.82, 2.24) is 4.98 Å². The second-order valence-corrected chi connectivity index (χ2v) is 4.73. The van der Waals surface area contributed by atoms with Gasteiger partial charge < -0.3 is 0 Å². The molecule has 0 radical (unpaired) electrons. The van der Waals surface area contributed by atoms with Crippen LogP contribution in [-0.2, 0) is 6.18 Å². The van der Waals surface area contributed by atoms with Gasteiger partial charge in [0.25, 0.3) is 0 Å². The van der Waals surface area contributed by atoms with Gasteiger partial charge in [0.1, 0.15) is 0 Å². The standard InChI is InChI=1S/C13H6BrF4NO/c14-10-2-1-7(5-9(10)13(16,17)18)12(20)8-3-4-19-6-11(8)15/h1-6H. The molecule has 1 aromatic carbocycles. The molecule has 0 amide bonds. The molecule has 20 heavy (non-hydrogen) atoms. The molecule has 0 aliphatic rings. The molecule has 1 aromatic heterocycles. The summed E-state index contributed by atoms with van der Waals surface area (Å²) in [5, 5.41) is 0. The van der Waals surface area contributed by atoms with E-state index in [1.807, 2.05) is 0 Å². The van der Waals surface area contributed by atoms with Crippen LogP contribution in [0.25, 0.3) is 0 Å². The van der Waals surface area contributed by atoms with E-state index >= 15 is 0 Å². The predicted molar refractivity (Wildman–Crippen MR) is 66.8 cm³/mol. The second kappa shape index (κ2) is 5.32. The van der Waals surface area contributed by atoms with E-state index in [0.29, 0.717) is 6.07 Å². The molecule has 1 heterocycles. The highest BCUT2D eigenvalue weighted by Crippen LogP contribution is 2.35. The highest BCUT2D eigenvalue weighted by atomic mass is 79.9. The molecule has 0 saturated carbocycles. The first-order chi connectivity index (χ1) is 9.30. The van der Waals surface area contributed by atoms with Crippen LogP contribution in [0.3, 0.4) is 0 Å². The first-order valence-electron chi connectivity index (χ1n) is 5.31. The summed E-state index contributed by atoms with van der Waals surface area (Å²) in [5.74, 6) is -1.71. The average Bonchev–Trinajstić information content (AvgIpc) is 2.37. The molecule has 0 aliphatic heterocycles. The average molecular weight is 348 g/mol. The molecular formula is C13H6BrF4NO. The monoisotopic (exact) mass is 347 g/mol. The minimum Gasteiger partial charge on any atom is -0.288 e. The molecule has 7 heteroatoms. The van der Waals surface area contributed by atoms with Gasteiger partial charge in [0.05, 0.1) is 17.3 Å². The number of hydrogen-bond donors (Lipinski definition) is 0. The van der Waals surface area contributed by atoms with Gasteiger partial charge in [-0.05, 0) is 24.3 Å². The number of aromatic nitrogens is 1. The summed E-state index contributed by atoms with van der Waals surface area (Å²) in [5.41, 5.74) is -1.56. The Labute approximate surface area is 119 Å². The third-order valence-electron chi connectivity index (χ3n) is 2.55. The van der Waals surface area contributed by atoms with Crippen LogP contribution in [0.2, 0.25) is 0 Å². The van der Waals surface area contributed by atoms with E-state index in [4.69, 9.17) is 0 Å². The molecule has 0 bridgehead atoms. The third kappa shape index (κ3) is 2.87. The maximum Gasteiger partial charge on any atom is 0.417 e. The summed E-state index contributed by atoms with van der Waals surface area (Å²) in [6, 6.07) is 4.11. The summed E-state index contributed by atoms with van der Waals surface area (Å²) in [4.78, 5) is 15.5. The zero-order valence-corrected chi connectivity index (χ0v) is 11.3. The first-order valence-corrected chi connectivity index (χ1v) is 6.11. The van der Waals surface area contributed by atoms with Crippen LogP contribution in [0.4, 0.5) is 17.6 Å². The van der Waals surface area contributed by atoms with Crippen LogP contribution in [0.5, 0.6) is 0 Å². The molecule has 0 N–H and O–H groups in total. The van der Waals surface area contributed by atoms with Gasteiger partial charge in [0.15, 0.2) is 11.6 Å². The Balaban J connectivity index is 2.50. The largest absolute Gasteiger partial charge is 0.417 e. The first kappa shape index (κ1) is 14.6. The van der Waals surface area contributed by atoms with E-state index in [1.165, 1.54) is 12.3 Å². The molecule has 0 fully saturated rings. The number of rotatable bonds is 2. The number of carbonyl (C=O) groups excluding carboxylic acids is 1. The van der Waals surface area contributed by atoms with Gasteiger partial charge in [0.2, 0.25) is 0 Å². The fraction of sp³-hybridized carbons (Fsp3) is 0.0769. The fourth-order valence-electron chi connectivity index (χ4n) is 1.60. The van der Waals surface area contributed by atoms with Crippen LogP contribution < -0.4 is 0 Å². The number of ketones is 1. The van der Waals surface area contributed by atoms with Crippen molar-refractivity contribution in [3.05, 3.63) is 63.6 Å². The van der Waals surface area contributed by atoms with Crippen molar-refractivity contribution in [2.75, 3.05) is 0 Å². The Morgan fingerprint density at radius 2 is 1.90 bits per heavy atom. The highest BCUT2D eigenvalue weighted by Gasteiger charge is 2.33. The normalized spacial score (nSPS) is 11.4. The lowest BCUT2D eigenvalue weighted by Crippen LogP contribution is -2.10. The minimum absolute atomic E-state index is 0.184. The van der Waals surface area contributed by atoms with Crippen molar-refractivity contribution < 1.29 is 22.4 Å². The highest BCUT2D eigenvalue weighted by molar-refractivity contribution is 9.10. The molecule has 0 spiro atoms. The van der Waals surface area contributed by atoms with Crippen LogP contribution in [0.1, 0.15) is 21.5 Å². The van der Waals surface area contributed by atoms with E-state index in [0.717, 1.165) is 18.3 Å². The van der Waals surface area contributed by atoms with Crippen LogP contribution in [0, 0.1) is 5.82 Å². The Bertz CT molecular complexity index is 670. The number of alkyl halides is 3. The van der Waals surface area contributed by atoms with E-state index in [2.05, 4.69) is 20.9 Å². The van der Waals surface area contributed by atoms with Gasteiger partial charge in [-0.15, -0.1) is 0 Å². The maximum absolute atomic E-state index is 13.4. The Hall–Kier alpha value is -1.76. The third-order valence-corrected chi connectivity index (χ3v) is 3.24. The molecular weight excluding hydrogens is 342 g/mol. The molecule has 2 rings (SSSR count). The summed E-state index contributed by atoms with van der Waals surface area (Å²) in [6.45, 7) is 0. The quantitative estimate of drug-likeness (QED) is 0.601. The van der Waals surface area contributed by atoms with Gasteiger partial charge in [-0.25, -0.2) is 4.39 Å². The zero-order chi connectivity index (χ0) is 14.9. The van der Waals surface area contributed by atoms with E-state index in [-0.39, 0.29) is 15.6 Å². The number of pyridine rings is 1. The number of nitrogens with zero attached hydrogens (tertiary/aromatic N) is 1. The van der Waals surface area contributed by atoms with Gasteiger partial charge in [0, 0.05) is 16.2 Å². The molecule has 0 unspecified atom stereocenters. The van der Waals surface area contributed by atoms with E-state index < -0.39 is 23.3 Å². The second-order valence-electron chi connectivity index (χ2n) is 3.88. The van der Waals surface area contributed by atoms with Crippen LogP contribution >= 0.6 is 15.9 Å². The van der Waals surface area contributed by atoms with Crippen molar-refractivity contribution >= 4 is 21.7 Å². The van der Waals surface area contributed by atoms with Gasteiger partial charge in [-0.1, -0.05) is 15.9 Å². The van der Waals surface area contributed by atoms with E-state index in [1.54, 1.807) is 0 Å². The maximum atomic E-state index is 13.4. The van der Waals surface area contributed by atoms with Gasteiger partial charge in [-0.3, -0.25) is 9.78 Å². The summed E-state index contributed by atoms with van der Waals surface area (Å²) >= 11 is 2.77. The number of halogens is 5. The van der Waals surface area contributed by atoms with E-state index in [9.17, 15) is 22.4 Å². The minimum atomic E-state index is -4.61. The molecule has 0 atom stereocenters. The van der Waals surface area contributed by atoms with Crippen molar-refractivity contribution in [2.24, 2.45) is 0 Å². The number of hydrogen-bond acceptors (Lipinski definition) is 2. The topological polar surface area (TPSA) is 30.0 Å². The number of benzene rings is 1. The Morgan fingerprint density at radius 3 is 2.50 bits per heavy atom. The van der Waals surface area contributed by atoms with Crippen molar-refractivity contribution in [2.45, 2.75) is 6.18 Å². The summed E-state index contributed by atoms with van der Waals surface area (Å²) in [7, 11) is 0. The fourth-order valence-corrected chi connectivity index (χ4v) is 2.07. The van der Waals surface area contributed by atoms with Crippen LogP contribution in [-0.4, -0.2) is 10.8 Å². The van der Waals surface area contributed by atoms with Crippen molar-refractivity contribution in [1.29, 1.82) is 0 Å². The molecule has 0 saturated heterocycles. The summed E-state index contributed by atoms with van der Waals surface area (Å²) in [6.07, 6.45) is -2.58. The lowest BCUT2D eigenvalue weighted by molar-refractivity contribution is -0.138. The molecule has 2 nitrogen and oxygen atoms in total. The smallest absolute Gasteiger partial charge is 0.288 e. The van der Waals surface area contributed by atoms with Crippen molar-refractivity contribution in [3.63, 3.8) is 0 Å². The molecule has 104 valence electrons. The Kier molecular flexibility index (Phi) is 3.89. The van der Waals surface area contributed by atoms with Gasteiger partial charge >= 0.3 is 6.18 Å². The molecule has 2 aromatic rings. The van der Waals surface area contributed by atoms with Crippen molar-refractivity contribution in [3.8, 4) is 0 Å². The van der Waals surface area contributed by atoms with Gasteiger partial charge in [-0.2, -0.15) is 13.2 Å². The molecule has 0 aliphatic carbocycles.